The molecule has 1 atom stereocenters. The molecule has 0 saturated carbocycles. The fourth-order valence-electron chi connectivity index (χ4n) is 3.07. The quantitative estimate of drug-likeness (QED) is 0.331. The molecular weight excluding hydrogens is 480 g/mol. The van der Waals surface area contributed by atoms with Crippen molar-refractivity contribution in [1.29, 1.82) is 0 Å². The van der Waals surface area contributed by atoms with E-state index < -0.39 is 17.8 Å². The summed E-state index contributed by atoms with van der Waals surface area (Å²) in [6.07, 6.45) is 1.55. The van der Waals surface area contributed by atoms with Gasteiger partial charge in [-0.15, -0.1) is 0 Å². The van der Waals surface area contributed by atoms with Gasteiger partial charge in [0.1, 0.15) is 12.6 Å². The Hall–Kier alpha value is -3.85. The zero-order chi connectivity index (χ0) is 26.3. The molecule has 2 aromatic carbocycles. The van der Waals surface area contributed by atoms with Gasteiger partial charge in [-0.2, -0.15) is 12.6 Å². The number of thiol groups is 1. The number of amides is 1. The monoisotopic (exact) mass is 510 g/mol. The number of benzene rings is 2. The summed E-state index contributed by atoms with van der Waals surface area (Å²) in [5.74, 6) is -1.01. The number of hydrogen-bond donors (Lipinski definition) is 2. The fourth-order valence-corrected chi connectivity index (χ4v) is 3.28. The van der Waals surface area contributed by atoms with Crippen LogP contribution in [0.25, 0.3) is 0 Å². The number of nitrogens with zero attached hydrogens (tertiary/aromatic N) is 1. The van der Waals surface area contributed by atoms with Crippen LogP contribution in [-0.2, 0) is 26.5 Å². The molecule has 0 bridgehead atoms. The molecule has 0 aliphatic carbocycles. The number of nitrogens with one attached hydrogen (secondary N) is 1. The van der Waals surface area contributed by atoms with E-state index in [9.17, 15) is 14.4 Å². The third-order valence-corrected chi connectivity index (χ3v) is 5.03. The van der Waals surface area contributed by atoms with Crippen LogP contribution < -0.4 is 14.8 Å². The van der Waals surface area contributed by atoms with Crippen LogP contribution in [0.4, 0.5) is 0 Å². The Kier molecular flexibility index (Phi) is 12.0. The van der Waals surface area contributed by atoms with Crippen molar-refractivity contribution in [3.63, 3.8) is 0 Å². The molecule has 1 heterocycles. The standard InChI is InChI=1S/C20H22N2O6.C7H8S/c1-13(11-15-7-5-4-6-8-15)27-17(24)12-22-20(25)18-19(28-14(2)23)16(26-3)9-10-21-18;8-6-7-4-2-1-3-5-7/h4-10,13H,11-12H2,1-3H3,(H,22,25);1-5,8H,6H2. The summed E-state index contributed by atoms with van der Waals surface area (Å²) in [4.78, 5) is 39.6. The average molecular weight is 511 g/mol. The molecule has 0 aliphatic rings. The number of esters is 2. The van der Waals surface area contributed by atoms with Crippen LogP contribution in [-0.4, -0.2) is 42.6 Å². The van der Waals surface area contributed by atoms with E-state index in [4.69, 9.17) is 14.2 Å². The molecule has 0 spiro atoms. The minimum atomic E-state index is -0.692. The van der Waals surface area contributed by atoms with Crippen LogP contribution in [0.15, 0.2) is 72.9 Å². The molecule has 8 nitrogen and oxygen atoms in total. The first-order chi connectivity index (χ1) is 17.3. The number of ether oxygens (including phenoxy) is 3. The van der Waals surface area contributed by atoms with Crippen molar-refractivity contribution in [3.05, 3.63) is 89.7 Å². The van der Waals surface area contributed by atoms with E-state index in [0.29, 0.717) is 6.42 Å². The van der Waals surface area contributed by atoms with Crippen LogP contribution in [0, 0.1) is 0 Å². The largest absolute Gasteiger partial charge is 0.493 e. The molecule has 9 heteroatoms. The highest BCUT2D eigenvalue weighted by Crippen LogP contribution is 2.29. The average Bonchev–Trinajstić information content (AvgIpc) is 2.88. The van der Waals surface area contributed by atoms with Crippen molar-refractivity contribution in [2.45, 2.75) is 32.1 Å². The van der Waals surface area contributed by atoms with Crippen molar-refractivity contribution >= 4 is 30.5 Å². The highest BCUT2D eigenvalue weighted by Gasteiger charge is 2.21. The third kappa shape index (κ3) is 9.79. The maximum absolute atomic E-state index is 12.4. The molecule has 190 valence electrons. The van der Waals surface area contributed by atoms with E-state index in [1.165, 1.54) is 31.9 Å². The van der Waals surface area contributed by atoms with Crippen molar-refractivity contribution in [2.24, 2.45) is 0 Å². The summed E-state index contributed by atoms with van der Waals surface area (Å²) in [7, 11) is 1.37. The maximum atomic E-state index is 12.4. The van der Waals surface area contributed by atoms with Crippen molar-refractivity contribution < 1.29 is 28.6 Å². The molecule has 36 heavy (non-hydrogen) atoms. The van der Waals surface area contributed by atoms with E-state index in [-0.39, 0.29) is 29.8 Å². The minimum Gasteiger partial charge on any atom is -0.493 e. The molecule has 0 aliphatic heterocycles. The molecule has 1 N–H and O–H groups in total. The van der Waals surface area contributed by atoms with Gasteiger partial charge >= 0.3 is 11.9 Å². The Balaban J connectivity index is 0.000000482. The highest BCUT2D eigenvalue weighted by atomic mass is 32.1. The van der Waals surface area contributed by atoms with Crippen LogP contribution in [0.1, 0.15) is 35.5 Å². The second-order valence-corrected chi connectivity index (χ2v) is 7.92. The maximum Gasteiger partial charge on any atom is 0.325 e. The topological polar surface area (TPSA) is 104 Å². The number of carbonyl (C=O) groups excluding carboxylic acids is 3. The first-order valence-electron chi connectivity index (χ1n) is 11.2. The molecule has 0 radical (unpaired) electrons. The van der Waals surface area contributed by atoms with Crippen LogP contribution in [0.5, 0.6) is 11.5 Å². The summed E-state index contributed by atoms with van der Waals surface area (Å²) in [6.45, 7) is 2.62. The van der Waals surface area contributed by atoms with E-state index in [1.54, 1.807) is 6.92 Å². The van der Waals surface area contributed by atoms with Gasteiger partial charge in [-0.25, -0.2) is 4.98 Å². The van der Waals surface area contributed by atoms with Crippen LogP contribution in [0.2, 0.25) is 0 Å². The lowest BCUT2D eigenvalue weighted by Crippen LogP contribution is -2.33. The summed E-state index contributed by atoms with van der Waals surface area (Å²) >= 11 is 4.11. The van der Waals surface area contributed by atoms with E-state index >= 15 is 0 Å². The second-order valence-electron chi connectivity index (χ2n) is 7.60. The van der Waals surface area contributed by atoms with Gasteiger partial charge in [0, 0.05) is 31.4 Å². The lowest BCUT2D eigenvalue weighted by molar-refractivity contribution is -0.146. The van der Waals surface area contributed by atoms with Gasteiger partial charge < -0.3 is 19.5 Å². The van der Waals surface area contributed by atoms with E-state index in [1.807, 2.05) is 48.5 Å². The van der Waals surface area contributed by atoms with Crippen molar-refractivity contribution in [3.8, 4) is 11.5 Å². The minimum absolute atomic E-state index is 0.110. The molecule has 3 aromatic rings. The molecule has 3 rings (SSSR count). The number of methoxy groups -OCH3 is 1. The molecule has 1 aromatic heterocycles. The second kappa shape index (κ2) is 15.2. The Labute approximate surface area is 216 Å². The molecule has 1 unspecified atom stereocenters. The summed E-state index contributed by atoms with van der Waals surface area (Å²) < 4.78 is 15.4. The van der Waals surface area contributed by atoms with Crippen LogP contribution >= 0.6 is 12.6 Å². The summed E-state index contributed by atoms with van der Waals surface area (Å²) in [5.41, 5.74) is 2.15. The molecule has 0 fully saturated rings. The Morgan fingerprint density at radius 1 is 0.972 bits per heavy atom. The third-order valence-electron chi connectivity index (χ3n) is 4.67. The first kappa shape index (κ1) is 28.4. The van der Waals surface area contributed by atoms with Gasteiger partial charge in [0.15, 0.2) is 11.4 Å². The molecule has 1 amide bonds. The van der Waals surface area contributed by atoms with Gasteiger partial charge in [-0.05, 0) is 18.1 Å². The smallest absolute Gasteiger partial charge is 0.325 e. The van der Waals surface area contributed by atoms with Gasteiger partial charge in [-0.1, -0.05) is 60.7 Å². The number of carbonyl (C=O) groups is 3. The van der Waals surface area contributed by atoms with E-state index in [0.717, 1.165) is 11.3 Å². The molecular formula is C27H30N2O6S. The zero-order valence-electron chi connectivity index (χ0n) is 20.5. The fraction of sp³-hybridized carbons (Fsp3) is 0.259. The highest BCUT2D eigenvalue weighted by molar-refractivity contribution is 7.79. The summed E-state index contributed by atoms with van der Waals surface area (Å²) in [6, 6.07) is 21.2. The van der Waals surface area contributed by atoms with Crippen molar-refractivity contribution in [2.75, 3.05) is 13.7 Å². The number of hydrogen-bond acceptors (Lipinski definition) is 8. The normalized spacial score (nSPS) is 10.8. The number of pyridine rings is 1. The number of aromatic nitrogens is 1. The first-order valence-corrected chi connectivity index (χ1v) is 11.8. The van der Waals surface area contributed by atoms with Gasteiger partial charge in [-0.3, -0.25) is 14.4 Å². The molecule has 0 saturated heterocycles. The SMILES string of the molecule is COc1ccnc(C(=O)NCC(=O)OC(C)Cc2ccccc2)c1OC(C)=O.SCc1ccccc1. The van der Waals surface area contributed by atoms with Crippen LogP contribution in [0.3, 0.4) is 0 Å². The predicted molar refractivity (Wildman–Crippen MR) is 139 cm³/mol. The van der Waals surface area contributed by atoms with Gasteiger partial charge in [0.05, 0.1) is 7.11 Å². The number of rotatable bonds is 9. The van der Waals surface area contributed by atoms with Gasteiger partial charge in [0.25, 0.3) is 5.91 Å². The van der Waals surface area contributed by atoms with Gasteiger partial charge in [0.2, 0.25) is 5.75 Å². The van der Waals surface area contributed by atoms with Crippen molar-refractivity contribution in [1.82, 2.24) is 10.3 Å². The summed E-state index contributed by atoms with van der Waals surface area (Å²) in [5, 5.41) is 2.41. The lowest BCUT2D eigenvalue weighted by Gasteiger charge is -2.14. The Morgan fingerprint density at radius 3 is 2.11 bits per heavy atom. The zero-order valence-corrected chi connectivity index (χ0v) is 21.4. The Morgan fingerprint density at radius 2 is 1.58 bits per heavy atom. The predicted octanol–water partition coefficient (Wildman–Crippen LogP) is 4.04. The Bertz CT molecular complexity index is 1130. The van der Waals surface area contributed by atoms with E-state index in [2.05, 4.69) is 35.1 Å². The lowest BCUT2D eigenvalue weighted by atomic mass is 10.1.